The number of benzene rings is 2. The molecule has 1 fully saturated rings. The van der Waals surface area contributed by atoms with E-state index in [1.807, 2.05) is 12.1 Å². The number of anilines is 2. The van der Waals surface area contributed by atoms with Crippen molar-refractivity contribution < 1.29 is 14.3 Å². The van der Waals surface area contributed by atoms with Gasteiger partial charge in [0.15, 0.2) is 4.34 Å². The molecule has 3 aromatic rings. The Kier molecular flexibility index (Phi) is 6.74. The summed E-state index contributed by atoms with van der Waals surface area (Å²) >= 11 is 8.72. The van der Waals surface area contributed by atoms with Gasteiger partial charge in [0.1, 0.15) is 11.5 Å². The number of aromatic nitrogens is 2. The molecule has 4 rings (SSSR count). The SMILES string of the molecule is CC(=O)N(c1nnc(SCC(=O)Nc2ccc(Oc3ccccc3Cl)cc2)s1)C1CC1. The number of ether oxygens (including phenoxy) is 1. The van der Waals surface area contributed by atoms with E-state index in [0.29, 0.717) is 31.7 Å². The second-order valence-electron chi connectivity index (χ2n) is 6.86. The van der Waals surface area contributed by atoms with E-state index in [9.17, 15) is 9.59 Å². The van der Waals surface area contributed by atoms with Crippen molar-refractivity contribution in [1.29, 1.82) is 0 Å². The van der Waals surface area contributed by atoms with Crippen LogP contribution in [0.5, 0.6) is 11.5 Å². The number of thioether (sulfide) groups is 1. The summed E-state index contributed by atoms with van der Waals surface area (Å²) in [6, 6.07) is 14.5. The van der Waals surface area contributed by atoms with E-state index in [-0.39, 0.29) is 23.6 Å². The molecule has 1 saturated carbocycles. The Bertz CT molecular complexity index is 1090. The second-order valence-corrected chi connectivity index (χ2v) is 9.45. The maximum absolute atomic E-state index is 12.3. The van der Waals surface area contributed by atoms with Crippen molar-refractivity contribution in [1.82, 2.24) is 10.2 Å². The van der Waals surface area contributed by atoms with Crippen LogP contribution in [0.1, 0.15) is 19.8 Å². The minimum atomic E-state index is -0.160. The van der Waals surface area contributed by atoms with Gasteiger partial charge < -0.3 is 10.1 Å². The Hall–Kier alpha value is -2.62. The van der Waals surface area contributed by atoms with Crippen LogP contribution in [-0.2, 0) is 9.59 Å². The van der Waals surface area contributed by atoms with Gasteiger partial charge in [-0.3, -0.25) is 14.5 Å². The average Bonchev–Trinajstić information content (AvgIpc) is 3.46. The number of carbonyl (C=O) groups excluding carboxylic acids is 2. The molecule has 1 N–H and O–H groups in total. The van der Waals surface area contributed by atoms with Crippen molar-refractivity contribution in [2.75, 3.05) is 16.0 Å². The monoisotopic (exact) mass is 474 g/mol. The number of para-hydroxylation sites is 1. The Morgan fingerprint density at radius 1 is 1.19 bits per heavy atom. The zero-order valence-electron chi connectivity index (χ0n) is 16.6. The fourth-order valence-electron chi connectivity index (χ4n) is 2.82. The number of nitrogens with zero attached hydrogens (tertiary/aromatic N) is 3. The number of amides is 2. The molecule has 160 valence electrons. The smallest absolute Gasteiger partial charge is 0.234 e. The van der Waals surface area contributed by atoms with Gasteiger partial charge in [-0.15, -0.1) is 10.2 Å². The lowest BCUT2D eigenvalue weighted by Gasteiger charge is -2.15. The van der Waals surface area contributed by atoms with Gasteiger partial charge in [0.25, 0.3) is 0 Å². The lowest BCUT2D eigenvalue weighted by atomic mass is 10.3. The Balaban J connectivity index is 1.28. The molecule has 31 heavy (non-hydrogen) atoms. The van der Waals surface area contributed by atoms with Crippen LogP contribution in [-0.4, -0.2) is 33.8 Å². The van der Waals surface area contributed by atoms with Crippen molar-refractivity contribution in [2.24, 2.45) is 0 Å². The van der Waals surface area contributed by atoms with Crippen LogP contribution >= 0.6 is 34.7 Å². The highest BCUT2D eigenvalue weighted by atomic mass is 35.5. The molecular formula is C21H19ClN4O3S2. The van der Waals surface area contributed by atoms with Gasteiger partial charge in [-0.2, -0.15) is 0 Å². The molecule has 0 bridgehead atoms. The van der Waals surface area contributed by atoms with E-state index in [4.69, 9.17) is 16.3 Å². The summed E-state index contributed by atoms with van der Waals surface area (Å²) in [7, 11) is 0. The molecule has 2 aromatic carbocycles. The van der Waals surface area contributed by atoms with Crippen molar-refractivity contribution in [3.05, 3.63) is 53.6 Å². The van der Waals surface area contributed by atoms with E-state index in [1.54, 1.807) is 41.3 Å². The van der Waals surface area contributed by atoms with Crippen LogP contribution in [0.4, 0.5) is 10.8 Å². The highest BCUT2D eigenvalue weighted by Gasteiger charge is 2.34. The third-order valence-corrected chi connectivity index (χ3v) is 6.75. The van der Waals surface area contributed by atoms with Crippen LogP contribution in [0.2, 0.25) is 5.02 Å². The first-order valence-electron chi connectivity index (χ1n) is 9.58. The quantitative estimate of drug-likeness (QED) is 0.355. The lowest BCUT2D eigenvalue weighted by Crippen LogP contribution is -2.30. The number of carbonyl (C=O) groups is 2. The zero-order valence-corrected chi connectivity index (χ0v) is 19.0. The van der Waals surface area contributed by atoms with Gasteiger partial charge in [0.2, 0.25) is 16.9 Å². The molecule has 0 aliphatic heterocycles. The number of hydrogen-bond acceptors (Lipinski definition) is 7. The number of halogens is 1. The van der Waals surface area contributed by atoms with Crippen molar-refractivity contribution >= 4 is 57.3 Å². The van der Waals surface area contributed by atoms with Crippen molar-refractivity contribution in [3.63, 3.8) is 0 Å². The summed E-state index contributed by atoms with van der Waals surface area (Å²) in [5.74, 6) is 1.18. The topological polar surface area (TPSA) is 84.4 Å². The minimum Gasteiger partial charge on any atom is -0.456 e. The first-order chi connectivity index (χ1) is 15.0. The number of nitrogens with one attached hydrogen (secondary N) is 1. The first kappa shape index (κ1) is 21.6. The van der Waals surface area contributed by atoms with Gasteiger partial charge in [-0.25, -0.2) is 0 Å². The van der Waals surface area contributed by atoms with E-state index in [2.05, 4.69) is 15.5 Å². The number of rotatable bonds is 8. The molecule has 10 heteroatoms. The normalized spacial score (nSPS) is 13.0. The first-order valence-corrected chi connectivity index (χ1v) is 11.8. The minimum absolute atomic E-state index is 0.0325. The van der Waals surface area contributed by atoms with E-state index < -0.39 is 0 Å². The highest BCUT2D eigenvalue weighted by Crippen LogP contribution is 2.36. The summed E-state index contributed by atoms with van der Waals surface area (Å²) in [5, 5.41) is 12.2. The maximum Gasteiger partial charge on any atom is 0.234 e. The lowest BCUT2D eigenvalue weighted by molar-refractivity contribution is -0.116. The van der Waals surface area contributed by atoms with Crippen LogP contribution in [0, 0.1) is 0 Å². The van der Waals surface area contributed by atoms with Gasteiger partial charge in [0.05, 0.1) is 10.8 Å². The van der Waals surface area contributed by atoms with Gasteiger partial charge in [-0.1, -0.05) is 46.8 Å². The fourth-order valence-corrected chi connectivity index (χ4v) is 4.76. The van der Waals surface area contributed by atoms with Crippen molar-refractivity contribution in [2.45, 2.75) is 30.1 Å². The molecule has 1 aliphatic rings. The summed E-state index contributed by atoms with van der Waals surface area (Å²) in [4.78, 5) is 25.8. The predicted molar refractivity (Wildman–Crippen MR) is 123 cm³/mol. The van der Waals surface area contributed by atoms with E-state index >= 15 is 0 Å². The summed E-state index contributed by atoms with van der Waals surface area (Å²) in [6.45, 7) is 1.53. The predicted octanol–water partition coefficient (Wildman–Crippen LogP) is 5.23. The van der Waals surface area contributed by atoms with Gasteiger partial charge >= 0.3 is 0 Å². The Labute approximate surface area is 192 Å². The third kappa shape index (κ3) is 5.75. The molecule has 0 spiro atoms. The molecular weight excluding hydrogens is 456 g/mol. The highest BCUT2D eigenvalue weighted by molar-refractivity contribution is 8.01. The number of hydrogen-bond donors (Lipinski definition) is 1. The Morgan fingerprint density at radius 3 is 2.61 bits per heavy atom. The zero-order chi connectivity index (χ0) is 21.8. The molecule has 7 nitrogen and oxygen atoms in total. The molecule has 1 aliphatic carbocycles. The second kappa shape index (κ2) is 9.67. The summed E-state index contributed by atoms with van der Waals surface area (Å²) in [6.07, 6.45) is 1.98. The van der Waals surface area contributed by atoms with Gasteiger partial charge in [-0.05, 0) is 49.2 Å². The molecule has 1 aromatic heterocycles. The summed E-state index contributed by atoms with van der Waals surface area (Å²) < 4.78 is 6.40. The standard InChI is InChI=1S/C21H19ClN4O3S2/c1-13(27)26(15-8-9-15)20-24-25-21(31-20)30-12-19(28)23-14-6-10-16(11-7-14)29-18-5-3-2-4-17(18)22/h2-7,10-11,15H,8-9,12H2,1H3,(H,23,28). The van der Waals surface area contributed by atoms with Crippen LogP contribution in [0.25, 0.3) is 0 Å². The van der Waals surface area contributed by atoms with E-state index in [1.165, 1.54) is 30.0 Å². The van der Waals surface area contributed by atoms with Crippen molar-refractivity contribution in [3.8, 4) is 11.5 Å². The molecule has 0 atom stereocenters. The molecule has 0 saturated heterocycles. The Morgan fingerprint density at radius 2 is 1.94 bits per heavy atom. The fraction of sp³-hybridized carbons (Fsp3) is 0.238. The average molecular weight is 475 g/mol. The van der Waals surface area contributed by atoms with Crippen LogP contribution < -0.4 is 15.0 Å². The molecule has 1 heterocycles. The third-order valence-electron chi connectivity index (χ3n) is 4.38. The maximum atomic E-state index is 12.3. The summed E-state index contributed by atoms with van der Waals surface area (Å²) in [5.41, 5.74) is 0.659. The van der Waals surface area contributed by atoms with E-state index in [0.717, 1.165) is 12.8 Å². The van der Waals surface area contributed by atoms with Crippen LogP contribution in [0.15, 0.2) is 52.9 Å². The molecule has 0 radical (unpaired) electrons. The molecule has 0 unspecified atom stereocenters. The van der Waals surface area contributed by atoms with Gasteiger partial charge in [0, 0.05) is 18.7 Å². The van der Waals surface area contributed by atoms with Crippen LogP contribution in [0.3, 0.4) is 0 Å². The molecule has 2 amide bonds. The largest absolute Gasteiger partial charge is 0.456 e.